The maximum absolute atomic E-state index is 13.1. The standard InChI is InChI=1S/C23H21ClFN3O4/c24-20-12-17(25)6-7-19(20)23(31)26-9-8-21(29)27-13-15-3-1-4-16(11-15)22(30)28-14-18-5-2-10-32-18/h1-7,10-12H,8-9,13-14H2,(H,26,31)(H,27,29)(H,28,30). The van der Waals surface area contributed by atoms with Gasteiger partial charge in [-0.25, -0.2) is 4.39 Å². The molecule has 3 rings (SSSR count). The van der Waals surface area contributed by atoms with E-state index >= 15 is 0 Å². The molecule has 0 spiro atoms. The van der Waals surface area contributed by atoms with Gasteiger partial charge in [0, 0.05) is 25.1 Å². The Morgan fingerprint density at radius 2 is 1.75 bits per heavy atom. The lowest BCUT2D eigenvalue weighted by Gasteiger charge is -2.09. The highest BCUT2D eigenvalue weighted by Gasteiger charge is 2.12. The van der Waals surface area contributed by atoms with E-state index in [-0.39, 0.29) is 48.5 Å². The number of hydrogen-bond acceptors (Lipinski definition) is 4. The third-order valence-electron chi connectivity index (χ3n) is 4.50. The Hall–Kier alpha value is -3.65. The highest BCUT2D eigenvalue weighted by Crippen LogP contribution is 2.17. The van der Waals surface area contributed by atoms with Crippen molar-refractivity contribution >= 4 is 29.3 Å². The Kier molecular flexibility index (Phi) is 7.99. The van der Waals surface area contributed by atoms with Crippen LogP contribution in [-0.2, 0) is 17.9 Å². The highest BCUT2D eigenvalue weighted by molar-refractivity contribution is 6.33. The summed E-state index contributed by atoms with van der Waals surface area (Å²) in [5.74, 6) is -0.906. The van der Waals surface area contributed by atoms with Gasteiger partial charge in [-0.15, -0.1) is 0 Å². The zero-order chi connectivity index (χ0) is 22.9. The molecule has 0 saturated carbocycles. The maximum atomic E-state index is 13.1. The molecule has 0 radical (unpaired) electrons. The van der Waals surface area contributed by atoms with E-state index in [1.165, 1.54) is 12.3 Å². The molecule has 9 heteroatoms. The van der Waals surface area contributed by atoms with Gasteiger partial charge in [0.25, 0.3) is 11.8 Å². The fraction of sp³-hybridized carbons (Fsp3) is 0.174. The van der Waals surface area contributed by atoms with Crippen molar-refractivity contribution in [2.24, 2.45) is 0 Å². The van der Waals surface area contributed by atoms with Crippen LogP contribution in [0.2, 0.25) is 5.02 Å². The van der Waals surface area contributed by atoms with Crippen LogP contribution >= 0.6 is 11.6 Å². The molecule has 0 unspecified atom stereocenters. The average Bonchev–Trinajstić information content (AvgIpc) is 3.30. The van der Waals surface area contributed by atoms with Gasteiger partial charge in [0.15, 0.2) is 0 Å². The second kappa shape index (κ2) is 11.1. The first-order valence-corrected chi connectivity index (χ1v) is 10.2. The minimum atomic E-state index is -0.537. The summed E-state index contributed by atoms with van der Waals surface area (Å²) in [6.45, 7) is 0.602. The zero-order valence-electron chi connectivity index (χ0n) is 17.0. The summed E-state index contributed by atoms with van der Waals surface area (Å²) in [4.78, 5) is 36.4. The molecule has 3 amide bonds. The molecule has 0 aliphatic rings. The second-order valence-corrected chi connectivity index (χ2v) is 7.28. The molecule has 0 atom stereocenters. The van der Waals surface area contributed by atoms with E-state index in [2.05, 4.69) is 16.0 Å². The number of halogens is 2. The largest absolute Gasteiger partial charge is 0.467 e. The Balaban J connectivity index is 1.42. The summed E-state index contributed by atoms with van der Waals surface area (Å²) in [6, 6.07) is 13.9. The lowest BCUT2D eigenvalue weighted by atomic mass is 10.1. The maximum Gasteiger partial charge on any atom is 0.252 e. The van der Waals surface area contributed by atoms with Crippen LogP contribution in [0.1, 0.15) is 38.5 Å². The van der Waals surface area contributed by atoms with E-state index in [0.29, 0.717) is 11.3 Å². The van der Waals surface area contributed by atoms with E-state index in [1.54, 1.807) is 36.4 Å². The van der Waals surface area contributed by atoms with Crippen molar-refractivity contribution in [1.29, 1.82) is 0 Å². The quantitative estimate of drug-likeness (QED) is 0.458. The molecule has 0 saturated heterocycles. The normalized spacial score (nSPS) is 10.4. The van der Waals surface area contributed by atoms with Gasteiger partial charge in [-0.3, -0.25) is 14.4 Å². The van der Waals surface area contributed by atoms with E-state index in [9.17, 15) is 18.8 Å². The van der Waals surface area contributed by atoms with Gasteiger partial charge in [0.05, 0.1) is 23.4 Å². The topological polar surface area (TPSA) is 100 Å². The molecule has 3 N–H and O–H groups in total. The van der Waals surface area contributed by atoms with Crippen molar-refractivity contribution < 1.29 is 23.2 Å². The summed E-state index contributed by atoms with van der Waals surface area (Å²) in [5, 5.41) is 8.07. The Labute approximate surface area is 188 Å². The minimum absolute atomic E-state index is 0.0000282. The van der Waals surface area contributed by atoms with Gasteiger partial charge in [0.2, 0.25) is 5.91 Å². The van der Waals surface area contributed by atoms with Crippen LogP contribution in [0.5, 0.6) is 0 Å². The van der Waals surface area contributed by atoms with Crippen LogP contribution in [0.3, 0.4) is 0 Å². The fourth-order valence-electron chi connectivity index (χ4n) is 2.85. The van der Waals surface area contributed by atoms with Gasteiger partial charge < -0.3 is 20.4 Å². The first-order valence-electron chi connectivity index (χ1n) is 9.82. The number of carbonyl (C=O) groups is 3. The summed E-state index contributed by atoms with van der Waals surface area (Å²) in [5.41, 5.74) is 1.36. The molecule has 0 fully saturated rings. The van der Waals surface area contributed by atoms with Crippen LogP contribution in [0, 0.1) is 5.82 Å². The first kappa shape index (κ1) is 23.0. The molecule has 7 nitrogen and oxygen atoms in total. The van der Waals surface area contributed by atoms with Crippen LogP contribution < -0.4 is 16.0 Å². The van der Waals surface area contributed by atoms with Crippen LogP contribution in [-0.4, -0.2) is 24.3 Å². The number of carbonyl (C=O) groups excluding carboxylic acids is 3. The van der Waals surface area contributed by atoms with Crippen molar-refractivity contribution in [3.05, 3.63) is 94.2 Å². The van der Waals surface area contributed by atoms with Gasteiger partial charge in [0.1, 0.15) is 11.6 Å². The Morgan fingerprint density at radius 3 is 2.50 bits per heavy atom. The smallest absolute Gasteiger partial charge is 0.252 e. The molecule has 166 valence electrons. The number of nitrogens with one attached hydrogen (secondary N) is 3. The monoisotopic (exact) mass is 457 g/mol. The van der Waals surface area contributed by atoms with E-state index in [4.69, 9.17) is 16.0 Å². The lowest BCUT2D eigenvalue weighted by molar-refractivity contribution is -0.121. The SMILES string of the molecule is O=C(CCNC(=O)c1ccc(F)cc1Cl)NCc1cccc(C(=O)NCc2ccco2)c1. The van der Waals surface area contributed by atoms with Crippen molar-refractivity contribution in [2.45, 2.75) is 19.5 Å². The van der Waals surface area contributed by atoms with Crippen LogP contribution in [0.4, 0.5) is 4.39 Å². The van der Waals surface area contributed by atoms with Gasteiger partial charge in [-0.05, 0) is 48.0 Å². The lowest BCUT2D eigenvalue weighted by Crippen LogP contribution is -2.30. The third-order valence-corrected chi connectivity index (χ3v) is 4.81. The Bertz CT molecular complexity index is 1100. The number of furan rings is 1. The van der Waals surface area contributed by atoms with Crippen LogP contribution in [0.15, 0.2) is 65.3 Å². The molecule has 1 heterocycles. The number of hydrogen-bond donors (Lipinski definition) is 3. The van der Waals surface area contributed by atoms with E-state index in [0.717, 1.165) is 17.7 Å². The van der Waals surface area contributed by atoms with Crippen molar-refractivity contribution in [2.75, 3.05) is 6.54 Å². The zero-order valence-corrected chi connectivity index (χ0v) is 17.7. The summed E-state index contributed by atoms with van der Waals surface area (Å²) >= 11 is 5.85. The van der Waals surface area contributed by atoms with Gasteiger partial charge >= 0.3 is 0 Å². The molecule has 0 aliphatic carbocycles. The summed E-state index contributed by atoms with van der Waals surface area (Å²) < 4.78 is 18.2. The second-order valence-electron chi connectivity index (χ2n) is 6.87. The molecule has 2 aromatic carbocycles. The summed E-state index contributed by atoms with van der Waals surface area (Å²) in [6.07, 6.45) is 1.59. The molecular formula is C23H21ClFN3O4. The van der Waals surface area contributed by atoms with Gasteiger partial charge in [-0.1, -0.05) is 23.7 Å². The van der Waals surface area contributed by atoms with E-state index in [1.807, 2.05) is 0 Å². The predicted octanol–water partition coefficient (Wildman–Crippen LogP) is 3.44. The molecular weight excluding hydrogens is 437 g/mol. The fourth-order valence-corrected chi connectivity index (χ4v) is 3.11. The van der Waals surface area contributed by atoms with Crippen molar-refractivity contribution in [1.82, 2.24) is 16.0 Å². The Morgan fingerprint density at radius 1 is 0.906 bits per heavy atom. The van der Waals surface area contributed by atoms with Crippen molar-refractivity contribution in [3.63, 3.8) is 0 Å². The number of amides is 3. The summed E-state index contributed by atoms with van der Waals surface area (Å²) in [7, 11) is 0. The minimum Gasteiger partial charge on any atom is -0.467 e. The number of rotatable bonds is 9. The average molecular weight is 458 g/mol. The highest BCUT2D eigenvalue weighted by atomic mass is 35.5. The molecule has 32 heavy (non-hydrogen) atoms. The number of benzene rings is 2. The van der Waals surface area contributed by atoms with Gasteiger partial charge in [-0.2, -0.15) is 0 Å². The first-order chi connectivity index (χ1) is 15.4. The predicted molar refractivity (Wildman–Crippen MR) is 117 cm³/mol. The van der Waals surface area contributed by atoms with Crippen LogP contribution in [0.25, 0.3) is 0 Å². The molecule has 1 aromatic heterocycles. The van der Waals surface area contributed by atoms with E-state index < -0.39 is 11.7 Å². The molecule has 0 bridgehead atoms. The third kappa shape index (κ3) is 6.68. The molecule has 0 aliphatic heterocycles. The molecule has 3 aromatic rings. The van der Waals surface area contributed by atoms with Crippen molar-refractivity contribution in [3.8, 4) is 0 Å².